The topological polar surface area (TPSA) is 73.9 Å². The molecule has 1 aliphatic carbocycles. The van der Waals surface area contributed by atoms with E-state index in [1.54, 1.807) is 20.8 Å². The molecule has 1 unspecified atom stereocenters. The van der Waals surface area contributed by atoms with E-state index in [9.17, 15) is 9.59 Å². The number of hydrogen-bond acceptors (Lipinski definition) is 5. The number of ether oxygens (including phenoxy) is 3. The maximum atomic E-state index is 13.0. The number of rotatable bonds is 5. The molecule has 0 heterocycles. The molecule has 200 valence electrons. The van der Waals surface area contributed by atoms with Crippen molar-refractivity contribution in [1.29, 1.82) is 0 Å². The summed E-state index contributed by atoms with van der Waals surface area (Å²) in [6, 6.07) is 28.4. The molecule has 0 radical (unpaired) electrons. The smallest absolute Gasteiger partial charge is 0.408 e. The van der Waals surface area contributed by atoms with Crippen molar-refractivity contribution in [3.8, 4) is 22.6 Å². The van der Waals surface area contributed by atoms with E-state index in [0.717, 1.165) is 38.8 Å². The summed E-state index contributed by atoms with van der Waals surface area (Å²) in [6.07, 6.45) is 0.645. The lowest BCUT2D eigenvalue weighted by Crippen LogP contribution is -2.59. The number of esters is 1. The SMILES string of the molecule is COC(=O)C1(NC(=O)OC(C)(C)C)CCc2ccc(Oc3cccc4cccc(-c5ccccc5)c34)cc2C1. The van der Waals surface area contributed by atoms with Gasteiger partial charge in [-0.05, 0) is 79.5 Å². The number of benzene rings is 4. The molecule has 6 heteroatoms. The minimum Gasteiger partial charge on any atom is -0.467 e. The van der Waals surface area contributed by atoms with Crippen LogP contribution in [0.2, 0.25) is 0 Å². The van der Waals surface area contributed by atoms with Gasteiger partial charge < -0.3 is 19.5 Å². The zero-order valence-electron chi connectivity index (χ0n) is 22.7. The molecular weight excluding hydrogens is 490 g/mol. The van der Waals surface area contributed by atoms with Crippen molar-refractivity contribution < 1.29 is 23.8 Å². The van der Waals surface area contributed by atoms with Gasteiger partial charge in [0.05, 0.1) is 7.11 Å². The molecule has 0 fully saturated rings. The minimum atomic E-state index is -1.22. The predicted molar refractivity (Wildman–Crippen MR) is 152 cm³/mol. The molecule has 4 aromatic rings. The van der Waals surface area contributed by atoms with Crippen LogP contribution in [-0.2, 0) is 27.1 Å². The number of alkyl carbamates (subject to hydrolysis) is 1. The average Bonchev–Trinajstić information content (AvgIpc) is 2.91. The van der Waals surface area contributed by atoms with Crippen LogP contribution >= 0.6 is 0 Å². The molecule has 0 saturated carbocycles. The average molecular weight is 524 g/mol. The Kier molecular flexibility index (Phi) is 7.04. The van der Waals surface area contributed by atoms with Gasteiger partial charge in [-0.1, -0.05) is 66.7 Å². The van der Waals surface area contributed by atoms with E-state index in [4.69, 9.17) is 14.2 Å². The van der Waals surface area contributed by atoms with Crippen LogP contribution in [0.5, 0.6) is 11.5 Å². The van der Waals surface area contributed by atoms with Crippen LogP contribution in [0.25, 0.3) is 21.9 Å². The Labute approximate surface area is 228 Å². The number of hydrogen-bond donors (Lipinski definition) is 1. The van der Waals surface area contributed by atoms with Crippen molar-refractivity contribution in [1.82, 2.24) is 5.32 Å². The standard InChI is InChI=1S/C33H33NO5/c1-32(2,3)39-31(36)34-33(30(35)37-4)19-18-22-16-17-26(20-25(22)21-33)38-28-15-9-13-24-12-8-14-27(29(24)28)23-10-6-5-7-11-23/h5-17,20H,18-19,21H2,1-4H3,(H,34,36). The number of nitrogens with one attached hydrogen (secondary N) is 1. The van der Waals surface area contributed by atoms with Crippen molar-refractivity contribution in [3.05, 3.63) is 96.1 Å². The van der Waals surface area contributed by atoms with Crippen molar-refractivity contribution in [2.24, 2.45) is 0 Å². The van der Waals surface area contributed by atoms with Crippen LogP contribution < -0.4 is 10.1 Å². The van der Waals surface area contributed by atoms with Gasteiger partial charge in [-0.3, -0.25) is 0 Å². The molecular formula is C33H33NO5. The highest BCUT2D eigenvalue weighted by Gasteiger charge is 2.45. The number of aryl methyl sites for hydroxylation is 1. The fourth-order valence-electron chi connectivity index (χ4n) is 5.24. The summed E-state index contributed by atoms with van der Waals surface area (Å²) in [7, 11) is 1.33. The second kappa shape index (κ2) is 10.4. The third-order valence-corrected chi connectivity index (χ3v) is 6.99. The molecule has 5 rings (SSSR count). The van der Waals surface area contributed by atoms with Crippen LogP contribution in [0.4, 0.5) is 4.79 Å². The molecule has 0 aliphatic heterocycles. The first-order valence-electron chi connectivity index (χ1n) is 13.1. The summed E-state index contributed by atoms with van der Waals surface area (Å²) in [5, 5.41) is 4.93. The summed E-state index contributed by atoms with van der Waals surface area (Å²) in [4.78, 5) is 25.7. The summed E-state index contributed by atoms with van der Waals surface area (Å²) in [6.45, 7) is 5.36. The maximum absolute atomic E-state index is 13.0. The lowest BCUT2D eigenvalue weighted by atomic mass is 9.78. The second-order valence-corrected chi connectivity index (χ2v) is 10.9. The summed E-state index contributed by atoms with van der Waals surface area (Å²) >= 11 is 0. The van der Waals surface area contributed by atoms with Gasteiger partial charge in [-0.15, -0.1) is 0 Å². The second-order valence-electron chi connectivity index (χ2n) is 10.9. The number of fused-ring (bicyclic) bond motifs is 2. The van der Waals surface area contributed by atoms with Crippen molar-refractivity contribution in [3.63, 3.8) is 0 Å². The van der Waals surface area contributed by atoms with E-state index in [0.29, 0.717) is 18.6 Å². The molecule has 0 spiro atoms. The number of methoxy groups -OCH3 is 1. The first-order valence-corrected chi connectivity index (χ1v) is 13.1. The van der Waals surface area contributed by atoms with Gasteiger partial charge in [0, 0.05) is 11.8 Å². The third kappa shape index (κ3) is 5.60. The third-order valence-electron chi connectivity index (χ3n) is 6.99. The molecule has 0 saturated heterocycles. The van der Waals surface area contributed by atoms with Crippen molar-refractivity contribution >= 4 is 22.8 Å². The number of carbonyl (C=O) groups excluding carboxylic acids is 2. The van der Waals surface area contributed by atoms with Gasteiger partial charge in [0.1, 0.15) is 22.6 Å². The number of carbonyl (C=O) groups is 2. The Balaban J connectivity index is 1.48. The Morgan fingerprint density at radius 3 is 2.33 bits per heavy atom. The largest absolute Gasteiger partial charge is 0.467 e. The Morgan fingerprint density at radius 2 is 1.62 bits per heavy atom. The van der Waals surface area contributed by atoms with Gasteiger partial charge in [0.15, 0.2) is 0 Å². The highest BCUT2D eigenvalue weighted by Crippen LogP contribution is 2.39. The van der Waals surface area contributed by atoms with Crippen molar-refractivity contribution in [2.45, 2.75) is 51.2 Å². The Hall–Kier alpha value is -4.32. The zero-order chi connectivity index (χ0) is 27.6. The summed E-state index contributed by atoms with van der Waals surface area (Å²) in [5.41, 5.74) is 2.32. The fourth-order valence-corrected chi connectivity index (χ4v) is 5.24. The molecule has 1 amide bonds. The van der Waals surface area contributed by atoms with Crippen LogP contribution in [0, 0.1) is 0 Å². The fraction of sp³-hybridized carbons (Fsp3) is 0.273. The van der Waals surface area contributed by atoms with Gasteiger partial charge in [0.25, 0.3) is 0 Å². The van der Waals surface area contributed by atoms with E-state index in [-0.39, 0.29) is 6.42 Å². The molecule has 1 atom stereocenters. The van der Waals surface area contributed by atoms with Crippen LogP contribution in [0.3, 0.4) is 0 Å². The monoisotopic (exact) mass is 523 g/mol. The van der Waals surface area contributed by atoms with E-state index in [1.807, 2.05) is 48.5 Å². The highest BCUT2D eigenvalue weighted by atomic mass is 16.6. The zero-order valence-corrected chi connectivity index (χ0v) is 22.7. The highest BCUT2D eigenvalue weighted by molar-refractivity contribution is 6.01. The van der Waals surface area contributed by atoms with E-state index < -0.39 is 23.2 Å². The van der Waals surface area contributed by atoms with Gasteiger partial charge in [-0.2, -0.15) is 0 Å². The van der Waals surface area contributed by atoms with E-state index in [1.165, 1.54) is 7.11 Å². The van der Waals surface area contributed by atoms with E-state index in [2.05, 4.69) is 41.7 Å². The van der Waals surface area contributed by atoms with Gasteiger partial charge in [-0.25, -0.2) is 9.59 Å². The molecule has 6 nitrogen and oxygen atoms in total. The maximum Gasteiger partial charge on any atom is 0.408 e. The summed E-state index contributed by atoms with van der Waals surface area (Å²) in [5.74, 6) is 0.905. The predicted octanol–water partition coefficient (Wildman–Crippen LogP) is 7.22. The lowest BCUT2D eigenvalue weighted by molar-refractivity contribution is -0.149. The summed E-state index contributed by atoms with van der Waals surface area (Å²) < 4.78 is 17.1. The van der Waals surface area contributed by atoms with Crippen LogP contribution in [-0.4, -0.2) is 30.3 Å². The minimum absolute atomic E-state index is 0.274. The van der Waals surface area contributed by atoms with Crippen molar-refractivity contribution in [2.75, 3.05) is 7.11 Å². The molecule has 1 aliphatic rings. The Bertz CT molecular complexity index is 1520. The van der Waals surface area contributed by atoms with Gasteiger partial charge >= 0.3 is 12.1 Å². The lowest BCUT2D eigenvalue weighted by Gasteiger charge is -2.36. The molecule has 39 heavy (non-hydrogen) atoms. The van der Waals surface area contributed by atoms with Crippen LogP contribution in [0.1, 0.15) is 38.3 Å². The normalized spacial score (nSPS) is 16.7. The molecule has 1 N–H and O–H groups in total. The first-order chi connectivity index (χ1) is 18.7. The first kappa shape index (κ1) is 26.3. The van der Waals surface area contributed by atoms with Gasteiger partial charge in [0.2, 0.25) is 0 Å². The molecule has 4 aromatic carbocycles. The van der Waals surface area contributed by atoms with Crippen LogP contribution in [0.15, 0.2) is 84.9 Å². The van der Waals surface area contributed by atoms with E-state index >= 15 is 0 Å². The quantitative estimate of drug-likeness (QED) is 0.280. The molecule has 0 bridgehead atoms. The number of amides is 1. The molecule has 0 aromatic heterocycles. The Morgan fingerprint density at radius 1 is 0.872 bits per heavy atom.